The van der Waals surface area contributed by atoms with E-state index in [1.165, 1.54) is 31.4 Å². The maximum absolute atomic E-state index is 11.6. The van der Waals surface area contributed by atoms with Gasteiger partial charge in [-0.15, -0.1) is 6.58 Å². The zero-order chi connectivity index (χ0) is 13.8. The van der Waals surface area contributed by atoms with Crippen LogP contribution >= 0.6 is 0 Å². The quantitative estimate of drug-likeness (QED) is 0.761. The van der Waals surface area contributed by atoms with E-state index in [2.05, 4.69) is 11.3 Å². The van der Waals surface area contributed by atoms with Crippen molar-refractivity contribution in [1.29, 1.82) is 0 Å². The molecule has 0 radical (unpaired) electrons. The van der Waals surface area contributed by atoms with E-state index >= 15 is 0 Å². The number of sulfonamides is 1. The molecular formula is C11H13NO5S. The molecule has 0 amide bonds. The summed E-state index contributed by atoms with van der Waals surface area (Å²) in [5, 5.41) is 8.84. The molecule has 0 atom stereocenters. The molecule has 0 fully saturated rings. The van der Waals surface area contributed by atoms with Gasteiger partial charge in [0, 0.05) is 0 Å². The van der Waals surface area contributed by atoms with Gasteiger partial charge in [-0.05, 0) is 18.2 Å². The second kappa shape index (κ2) is 5.54. The van der Waals surface area contributed by atoms with E-state index in [4.69, 9.17) is 9.84 Å². The molecule has 0 heterocycles. The minimum absolute atomic E-state index is 0.0351. The average molecular weight is 271 g/mol. The highest BCUT2D eigenvalue weighted by Crippen LogP contribution is 2.26. The van der Waals surface area contributed by atoms with Gasteiger partial charge in [0.05, 0.1) is 24.1 Å². The van der Waals surface area contributed by atoms with Crippen molar-refractivity contribution in [2.45, 2.75) is 0 Å². The van der Waals surface area contributed by atoms with Crippen LogP contribution in [0.3, 0.4) is 0 Å². The van der Waals surface area contributed by atoms with Crippen LogP contribution in [0.1, 0.15) is 10.4 Å². The molecule has 0 aliphatic rings. The molecule has 98 valence electrons. The number of carboxylic acids is 1. The Morgan fingerprint density at radius 2 is 2.22 bits per heavy atom. The van der Waals surface area contributed by atoms with Crippen molar-refractivity contribution in [1.82, 2.24) is 0 Å². The number of anilines is 1. The summed E-state index contributed by atoms with van der Waals surface area (Å²) in [6.45, 7) is 3.33. The van der Waals surface area contributed by atoms with Crippen molar-refractivity contribution >= 4 is 21.7 Å². The summed E-state index contributed by atoms with van der Waals surface area (Å²) in [6.07, 6.45) is 1.23. The Bertz CT molecular complexity index is 565. The molecule has 0 aliphatic carbocycles. The molecule has 1 aromatic rings. The smallest absolute Gasteiger partial charge is 0.335 e. The Balaban J connectivity index is 3.16. The van der Waals surface area contributed by atoms with Crippen molar-refractivity contribution < 1.29 is 23.1 Å². The number of ether oxygens (including phenoxy) is 1. The number of rotatable bonds is 6. The molecule has 0 bridgehead atoms. The fourth-order valence-corrected chi connectivity index (χ4v) is 2.17. The third kappa shape index (κ3) is 3.49. The van der Waals surface area contributed by atoms with Crippen LogP contribution in [-0.4, -0.2) is 32.4 Å². The Hall–Kier alpha value is -2.02. The molecule has 1 rings (SSSR count). The van der Waals surface area contributed by atoms with Gasteiger partial charge in [-0.3, -0.25) is 4.72 Å². The van der Waals surface area contributed by atoms with Crippen LogP contribution in [0.15, 0.2) is 30.9 Å². The van der Waals surface area contributed by atoms with Crippen molar-refractivity contribution in [3.8, 4) is 5.75 Å². The standard InChI is InChI=1S/C11H13NO5S/c1-3-6-18(15,16)12-9-7-8(11(13)14)4-5-10(9)17-2/h3-5,7,12H,1,6H2,2H3,(H,13,14). The maximum atomic E-state index is 11.6. The van der Waals surface area contributed by atoms with Crippen molar-refractivity contribution in [2.24, 2.45) is 0 Å². The maximum Gasteiger partial charge on any atom is 0.335 e. The number of nitrogens with one attached hydrogen (secondary N) is 1. The lowest BCUT2D eigenvalue weighted by Crippen LogP contribution is -2.16. The van der Waals surface area contributed by atoms with E-state index in [9.17, 15) is 13.2 Å². The molecule has 0 spiro atoms. The number of carboxylic acid groups (broad SMARTS) is 1. The summed E-state index contributed by atoms with van der Waals surface area (Å²) >= 11 is 0. The van der Waals surface area contributed by atoms with E-state index in [-0.39, 0.29) is 22.8 Å². The molecule has 18 heavy (non-hydrogen) atoms. The number of methoxy groups -OCH3 is 1. The van der Waals surface area contributed by atoms with Crippen LogP contribution < -0.4 is 9.46 Å². The lowest BCUT2D eigenvalue weighted by Gasteiger charge is -2.11. The molecule has 0 unspecified atom stereocenters. The van der Waals surface area contributed by atoms with E-state index in [0.29, 0.717) is 0 Å². The highest BCUT2D eigenvalue weighted by molar-refractivity contribution is 7.92. The van der Waals surface area contributed by atoms with Crippen molar-refractivity contribution in [3.63, 3.8) is 0 Å². The van der Waals surface area contributed by atoms with Gasteiger partial charge in [-0.2, -0.15) is 0 Å². The summed E-state index contributed by atoms with van der Waals surface area (Å²) < 4.78 is 30.3. The lowest BCUT2D eigenvalue weighted by atomic mass is 10.2. The first-order chi connectivity index (χ1) is 8.39. The molecule has 6 nitrogen and oxygen atoms in total. The first kappa shape index (κ1) is 14.0. The normalized spacial score (nSPS) is 10.7. The number of aromatic carboxylic acids is 1. The first-order valence-electron chi connectivity index (χ1n) is 4.92. The van der Waals surface area contributed by atoms with Gasteiger partial charge < -0.3 is 9.84 Å². The van der Waals surface area contributed by atoms with E-state index < -0.39 is 16.0 Å². The topological polar surface area (TPSA) is 92.7 Å². The monoisotopic (exact) mass is 271 g/mol. The molecule has 0 saturated heterocycles. The second-order valence-corrected chi connectivity index (χ2v) is 5.16. The fourth-order valence-electron chi connectivity index (χ4n) is 1.29. The number of benzene rings is 1. The predicted molar refractivity (Wildman–Crippen MR) is 67.6 cm³/mol. The summed E-state index contributed by atoms with van der Waals surface area (Å²) in [5.74, 6) is -1.18. The lowest BCUT2D eigenvalue weighted by molar-refractivity contribution is 0.0697. The average Bonchev–Trinajstić information content (AvgIpc) is 2.28. The van der Waals surface area contributed by atoms with Crippen LogP contribution in [0.5, 0.6) is 5.75 Å². The van der Waals surface area contributed by atoms with Gasteiger partial charge in [-0.25, -0.2) is 13.2 Å². The highest BCUT2D eigenvalue weighted by atomic mass is 32.2. The van der Waals surface area contributed by atoms with Crippen LogP contribution in [0.4, 0.5) is 5.69 Å². The predicted octanol–water partition coefficient (Wildman–Crippen LogP) is 1.32. The largest absolute Gasteiger partial charge is 0.495 e. The van der Waals surface area contributed by atoms with E-state index in [1.807, 2.05) is 0 Å². The molecule has 2 N–H and O–H groups in total. The number of carbonyl (C=O) groups is 1. The SMILES string of the molecule is C=CCS(=O)(=O)Nc1cc(C(=O)O)ccc1OC. The van der Waals surface area contributed by atoms with E-state index in [0.717, 1.165) is 0 Å². The van der Waals surface area contributed by atoms with Crippen molar-refractivity contribution in [3.05, 3.63) is 36.4 Å². The Morgan fingerprint density at radius 1 is 1.56 bits per heavy atom. The molecule has 0 aliphatic heterocycles. The zero-order valence-corrected chi connectivity index (χ0v) is 10.5. The van der Waals surface area contributed by atoms with Gasteiger partial charge in [0.2, 0.25) is 10.0 Å². The van der Waals surface area contributed by atoms with Gasteiger partial charge in [0.15, 0.2) is 0 Å². The number of hydrogen-bond donors (Lipinski definition) is 2. The zero-order valence-electron chi connectivity index (χ0n) is 9.71. The Kier molecular flexibility index (Phi) is 4.33. The van der Waals surface area contributed by atoms with E-state index in [1.54, 1.807) is 0 Å². The fraction of sp³-hybridized carbons (Fsp3) is 0.182. The minimum atomic E-state index is -3.60. The summed E-state index contributed by atoms with van der Waals surface area (Å²) in [6, 6.07) is 3.91. The van der Waals surface area contributed by atoms with Gasteiger partial charge in [0.1, 0.15) is 5.75 Å². The Labute approximate surface area is 105 Å². The van der Waals surface area contributed by atoms with Crippen LogP contribution in [0, 0.1) is 0 Å². The third-order valence-corrected chi connectivity index (χ3v) is 3.25. The third-order valence-electron chi connectivity index (χ3n) is 2.05. The minimum Gasteiger partial charge on any atom is -0.495 e. The van der Waals surface area contributed by atoms with Gasteiger partial charge in [-0.1, -0.05) is 6.08 Å². The highest BCUT2D eigenvalue weighted by Gasteiger charge is 2.14. The summed E-state index contributed by atoms with van der Waals surface area (Å²) in [7, 11) is -2.24. The summed E-state index contributed by atoms with van der Waals surface area (Å²) in [5.41, 5.74) is 0.0475. The molecule has 7 heteroatoms. The van der Waals surface area contributed by atoms with Gasteiger partial charge in [0.25, 0.3) is 0 Å². The number of hydrogen-bond acceptors (Lipinski definition) is 4. The van der Waals surface area contributed by atoms with Gasteiger partial charge >= 0.3 is 5.97 Å². The molecule has 0 aromatic heterocycles. The first-order valence-corrected chi connectivity index (χ1v) is 6.57. The van der Waals surface area contributed by atoms with Crippen LogP contribution in [-0.2, 0) is 10.0 Å². The van der Waals surface area contributed by atoms with Crippen LogP contribution in [0.25, 0.3) is 0 Å². The molecule has 0 saturated carbocycles. The van der Waals surface area contributed by atoms with Crippen molar-refractivity contribution in [2.75, 3.05) is 17.6 Å². The Morgan fingerprint density at radius 3 is 2.72 bits per heavy atom. The summed E-state index contributed by atoms with van der Waals surface area (Å²) in [4.78, 5) is 10.8. The molecular weight excluding hydrogens is 258 g/mol. The van der Waals surface area contributed by atoms with Crippen LogP contribution in [0.2, 0.25) is 0 Å². The second-order valence-electron chi connectivity index (χ2n) is 3.39. The molecule has 1 aromatic carbocycles.